The second kappa shape index (κ2) is 10.8. The van der Waals surface area contributed by atoms with E-state index in [1.807, 2.05) is 0 Å². The second-order valence-corrected chi connectivity index (χ2v) is 8.25. The highest BCUT2D eigenvalue weighted by atomic mass is 19.4. The van der Waals surface area contributed by atoms with Gasteiger partial charge in [0.15, 0.2) is 0 Å². The van der Waals surface area contributed by atoms with Gasteiger partial charge in [-0.05, 0) is 18.2 Å². The van der Waals surface area contributed by atoms with E-state index in [4.69, 9.17) is 0 Å². The molecule has 0 fully saturated rings. The zero-order valence-corrected chi connectivity index (χ0v) is 20.3. The third kappa shape index (κ3) is 5.85. The summed E-state index contributed by atoms with van der Waals surface area (Å²) in [6.45, 7) is 1.74. The molecule has 8 nitrogen and oxygen atoms in total. The average Bonchev–Trinajstić information content (AvgIpc) is 3.33. The lowest BCUT2D eigenvalue weighted by Gasteiger charge is -2.15. The van der Waals surface area contributed by atoms with Crippen LogP contribution in [0.4, 0.5) is 23.2 Å². The maximum Gasteiger partial charge on any atom is 0.417 e. The number of nitrogens with one attached hydrogen (secondary N) is 2. The Kier molecular flexibility index (Phi) is 7.51. The third-order valence-electron chi connectivity index (χ3n) is 5.55. The minimum Gasteiger partial charge on any atom is -0.349 e. The van der Waals surface area contributed by atoms with Crippen LogP contribution in [0.5, 0.6) is 0 Å². The molecule has 2 N–H and O–H groups in total. The fraction of sp³-hybridized carbons (Fsp3) is 0.192. The van der Waals surface area contributed by atoms with Crippen LogP contribution >= 0.6 is 0 Å². The van der Waals surface area contributed by atoms with Crippen LogP contribution in [0.15, 0.2) is 60.9 Å². The minimum absolute atomic E-state index is 0.0434. The zero-order chi connectivity index (χ0) is 27.4. The molecular formula is C26H22F4N6O2. The lowest BCUT2D eigenvalue weighted by Crippen LogP contribution is -2.23. The minimum atomic E-state index is -4.87. The largest absolute Gasteiger partial charge is 0.417 e. The smallest absolute Gasteiger partial charge is 0.349 e. The van der Waals surface area contributed by atoms with Crippen LogP contribution in [-0.4, -0.2) is 31.6 Å². The molecule has 0 unspecified atom stereocenters. The highest BCUT2D eigenvalue weighted by molar-refractivity contribution is 6.06. The quantitative estimate of drug-likeness (QED) is 0.331. The number of hydrogen-bond acceptors (Lipinski definition) is 5. The van der Waals surface area contributed by atoms with Gasteiger partial charge in [-0.15, -0.1) is 0 Å². The summed E-state index contributed by atoms with van der Waals surface area (Å²) >= 11 is 0. The van der Waals surface area contributed by atoms with Gasteiger partial charge < -0.3 is 10.6 Å². The molecule has 0 atom stereocenters. The van der Waals surface area contributed by atoms with E-state index in [2.05, 4.69) is 25.7 Å². The Labute approximate surface area is 214 Å². The van der Waals surface area contributed by atoms with Gasteiger partial charge in [-0.2, -0.15) is 18.3 Å². The van der Waals surface area contributed by atoms with E-state index in [0.29, 0.717) is 5.56 Å². The van der Waals surface area contributed by atoms with E-state index in [9.17, 15) is 27.2 Å². The Morgan fingerprint density at radius 2 is 1.82 bits per heavy atom. The molecule has 0 saturated carbocycles. The van der Waals surface area contributed by atoms with Gasteiger partial charge in [-0.25, -0.2) is 14.4 Å². The maximum atomic E-state index is 14.9. The van der Waals surface area contributed by atoms with Crippen LogP contribution in [0.3, 0.4) is 0 Å². The Balaban J connectivity index is 1.73. The van der Waals surface area contributed by atoms with Crippen LogP contribution in [0.2, 0.25) is 0 Å². The number of aryl methyl sites for hydroxylation is 1. The molecule has 0 spiro atoms. The monoisotopic (exact) mass is 526 g/mol. The van der Waals surface area contributed by atoms with Gasteiger partial charge in [0.25, 0.3) is 5.91 Å². The fourth-order valence-corrected chi connectivity index (χ4v) is 3.66. The highest BCUT2D eigenvalue weighted by Crippen LogP contribution is 2.38. The van der Waals surface area contributed by atoms with E-state index >= 15 is 0 Å². The Morgan fingerprint density at radius 3 is 2.45 bits per heavy atom. The third-order valence-corrected chi connectivity index (χ3v) is 5.55. The molecule has 12 heteroatoms. The molecule has 0 saturated heterocycles. The number of halogens is 4. The summed E-state index contributed by atoms with van der Waals surface area (Å²) in [6, 6.07) is 11.2. The van der Waals surface area contributed by atoms with Crippen molar-refractivity contribution in [2.45, 2.75) is 26.1 Å². The normalized spacial score (nSPS) is 11.3. The maximum absolute atomic E-state index is 14.9. The van der Waals surface area contributed by atoms with Crippen LogP contribution in [0, 0.1) is 5.82 Å². The van der Waals surface area contributed by atoms with Gasteiger partial charge in [0.2, 0.25) is 5.91 Å². The molecule has 0 radical (unpaired) electrons. The van der Waals surface area contributed by atoms with E-state index in [0.717, 1.165) is 6.07 Å². The van der Waals surface area contributed by atoms with Crippen molar-refractivity contribution < 1.29 is 27.2 Å². The standard InChI is InChI=1S/C26H22F4N6O2/c1-3-23(37)32-14-22-31-13-21(24(34-22)15-7-5-4-6-8-15)33-25(38)17-11-16(20-9-10-36(2)35-20)18(12-19(17)27)26(28,29)30/h4-13H,3,14H2,1-2H3,(H,32,37)(H,33,38). The number of alkyl halides is 3. The van der Waals surface area contributed by atoms with Crippen molar-refractivity contribution in [3.05, 3.63) is 83.7 Å². The van der Waals surface area contributed by atoms with Crippen LogP contribution in [0.1, 0.15) is 35.1 Å². The number of hydrogen-bond donors (Lipinski definition) is 2. The van der Waals surface area contributed by atoms with Crippen molar-refractivity contribution in [3.63, 3.8) is 0 Å². The van der Waals surface area contributed by atoms with E-state index in [1.54, 1.807) is 37.3 Å². The van der Waals surface area contributed by atoms with Gasteiger partial charge in [-0.3, -0.25) is 14.3 Å². The van der Waals surface area contributed by atoms with Crippen molar-refractivity contribution in [3.8, 4) is 22.5 Å². The van der Waals surface area contributed by atoms with E-state index in [1.165, 1.54) is 30.2 Å². The van der Waals surface area contributed by atoms with Gasteiger partial charge in [0.1, 0.15) is 11.6 Å². The summed E-state index contributed by atoms with van der Waals surface area (Å²) < 4.78 is 57.2. The van der Waals surface area contributed by atoms with E-state index < -0.39 is 34.6 Å². The SMILES string of the molecule is CCC(=O)NCc1ncc(NC(=O)c2cc(-c3ccn(C)n3)c(C(F)(F)F)cc2F)c(-c2ccccc2)n1. The van der Waals surface area contributed by atoms with Crippen LogP contribution in [-0.2, 0) is 24.6 Å². The molecule has 38 heavy (non-hydrogen) atoms. The number of aromatic nitrogens is 4. The Bertz CT molecular complexity index is 1490. The highest BCUT2D eigenvalue weighted by Gasteiger charge is 2.36. The molecule has 2 aromatic carbocycles. The first-order valence-electron chi connectivity index (χ1n) is 11.5. The molecule has 4 aromatic rings. The summed E-state index contributed by atoms with van der Waals surface area (Å²) in [4.78, 5) is 33.4. The number of nitrogens with zero attached hydrogens (tertiary/aromatic N) is 4. The van der Waals surface area contributed by atoms with Gasteiger partial charge >= 0.3 is 6.18 Å². The molecular weight excluding hydrogens is 504 g/mol. The second-order valence-electron chi connectivity index (χ2n) is 8.25. The van der Waals surface area contributed by atoms with Crippen molar-refractivity contribution in [2.24, 2.45) is 7.05 Å². The molecule has 0 aliphatic rings. The predicted octanol–water partition coefficient (Wildman–Crippen LogP) is 4.98. The zero-order valence-electron chi connectivity index (χ0n) is 20.3. The molecule has 4 rings (SSSR count). The predicted molar refractivity (Wildman–Crippen MR) is 131 cm³/mol. The van der Waals surface area contributed by atoms with Gasteiger partial charge in [0, 0.05) is 30.8 Å². The molecule has 2 heterocycles. The number of anilines is 1. The molecule has 196 valence electrons. The lowest BCUT2D eigenvalue weighted by atomic mass is 9.99. The molecule has 0 aliphatic carbocycles. The van der Waals surface area contributed by atoms with Crippen LogP contribution in [0.25, 0.3) is 22.5 Å². The van der Waals surface area contributed by atoms with Crippen molar-refractivity contribution in [2.75, 3.05) is 5.32 Å². The van der Waals surface area contributed by atoms with Crippen molar-refractivity contribution in [1.29, 1.82) is 0 Å². The topological polar surface area (TPSA) is 102 Å². The summed E-state index contributed by atoms with van der Waals surface area (Å²) in [5.74, 6) is -2.28. The summed E-state index contributed by atoms with van der Waals surface area (Å²) in [6.07, 6.45) is -1.87. The number of amides is 2. The summed E-state index contributed by atoms with van der Waals surface area (Å²) in [7, 11) is 1.52. The Morgan fingerprint density at radius 1 is 1.08 bits per heavy atom. The number of carbonyl (C=O) groups excluding carboxylic acids is 2. The lowest BCUT2D eigenvalue weighted by molar-refractivity contribution is -0.137. The number of benzene rings is 2. The average molecular weight is 526 g/mol. The van der Waals surface area contributed by atoms with Crippen molar-refractivity contribution in [1.82, 2.24) is 25.1 Å². The molecule has 0 bridgehead atoms. The van der Waals surface area contributed by atoms with Gasteiger partial charge in [-0.1, -0.05) is 37.3 Å². The first kappa shape index (κ1) is 26.5. The van der Waals surface area contributed by atoms with Gasteiger partial charge in [0.05, 0.1) is 40.9 Å². The number of rotatable bonds is 7. The summed E-state index contributed by atoms with van der Waals surface area (Å²) in [5, 5.41) is 9.16. The molecule has 2 amide bonds. The number of carbonyl (C=O) groups is 2. The van der Waals surface area contributed by atoms with E-state index in [-0.39, 0.29) is 47.8 Å². The van der Waals surface area contributed by atoms with Crippen molar-refractivity contribution >= 4 is 17.5 Å². The first-order valence-corrected chi connectivity index (χ1v) is 11.5. The molecule has 2 aromatic heterocycles. The fourth-order valence-electron chi connectivity index (χ4n) is 3.66. The van der Waals surface area contributed by atoms with Crippen LogP contribution < -0.4 is 10.6 Å². The first-order chi connectivity index (χ1) is 18.1. The Hall–Kier alpha value is -4.61. The summed E-state index contributed by atoms with van der Waals surface area (Å²) in [5.41, 5.74) is -1.39. The molecule has 0 aliphatic heterocycles.